The topological polar surface area (TPSA) is 86.3 Å². The summed E-state index contributed by atoms with van der Waals surface area (Å²) in [5.41, 5.74) is 2.76. The maximum Gasteiger partial charge on any atom is 0.283 e. The van der Waals surface area contributed by atoms with Gasteiger partial charge in [-0.05, 0) is 47.2 Å². The van der Waals surface area contributed by atoms with Crippen molar-refractivity contribution in [1.82, 2.24) is 0 Å². The molecule has 9 heteroatoms. The lowest BCUT2D eigenvalue weighted by Crippen LogP contribution is -1.98. The molecule has 4 aromatic carbocycles. The zero-order valence-corrected chi connectivity index (χ0v) is 20.5. The Kier molecular flexibility index (Phi) is 7.70. The van der Waals surface area contributed by atoms with Crippen molar-refractivity contribution in [2.24, 2.45) is 0 Å². The van der Waals surface area contributed by atoms with Crippen molar-refractivity contribution in [2.75, 3.05) is 0 Å². The first-order valence-corrected chi connectivity index (χ1v) is 12.1. The van der Waals surface area contributed by atoms with E-state index < -0.39 is 9.85 Å². The Balaban J connectivity index is 1.70. The predicted molar refractivity (Wildman–Crippen MR) is 139 cm³/mol. The number of benzene rings is 4. The third-order valence-electron chi connectivity index (χ3n) is 5.34. The van der Waals surface area contributed by atoms with Crippen LogP contribution >= 0.6 is 35.0 Å². The molecule has 0 N–H and O–H groups in total. The normalized spacial score (nSPS) is 10.8. The van der Waals surface area contributed by atoms with Gasteiger partial charge in [0.2, 0.25) is 0 Å². The van der Waals surface area contributed by atoms with Crippen molar-refractivity contribution < 1.29 is 9.85 Å². The Bertz CT molecular complexity index is 1290. The molecular formula is C26H18Cl2N2O4S. The summed E-state index contributed by atoms with van der Waals surface area (Å²) in [6.45, 7) is 0. The van der Waals surface area contributed by atoms with Gasteiger partial charge in [0.05, 0.1) is 19.6 Å². The zero-order valence-electron chi connectivity index (χ0n) is 18.2. The third kappa shape index (κ3) is 6.00. The molecule has 4 aromatic rings. The largest absolute Gasteiger partial charge is 0.283 e. The summed E-state index contributed by atoms with van der Waals surface area (Å²) in [4.78, 5) is 23.1. The highest BCUT2D eigenvalue weighted by Gasteiger charge is 2.24. The Morgan fingerprint density at radius 1 is 0.629 bits per heavy atom. The van der Waals surface area contributed by atoms with Crippen LogP contribution in [0.4, 0.5) is 11.4 Å². The van der Waals surface area contributed by atoms with Gasteiger partial charge in [-0.2, -0.15) is 0 Å². The van der Waals surface area contributed by atoms with E-state index in [1.807, 2.05) is 60.7 Å². The van der Waals surface area contributed by atoms with Gasteiger partial charge in [-0.3, -0.25) is 20.2 Å². The van der Waals surface area contributed by atoms with E-state index in [0.717, 1.165) is 22.9 Å². The van der Waals surface area contributed by atoms with Gasteiger partial charge >= 0.3 is 0 Å². The molecule has 0 amide bonds. The molecule has 0 atom stereocenters. The van der Waals surface area contributed by atoms with Crippen molar-refractivity contribution in [1.29, 1.82) is 0 Å². The molecule has 176 valence electrons. The number of hydrogen-bond acceptors (Lipinski definition) is 5. The van der Waals surface area contributed by atoms with Crippen molar-refractivity contribution in [2.45, 2.75) is 22.6 Å². The van der Waals surface area contributed by atoms with Gasteiger partial charge in [0, 0.05) is 22.2 Å². The zero-order chi connectivity index (χ0) is 24.9. The SMILES string of the molecule is O=[N+]([O-])c1cc(Cc2ccccc2)c(Cl)cc1Sc1cc(Cl)c(Cc2ccccc2)cc1[N+](=O)[O-]. The van der Waals surface area contributed by atoms with Crippen LogP contribution in [0.1, 0.15) is 22.3 Å². The molecular weight excluding hydrogens is 507 g/mol. The number of nitro groups is 2. The maximum atomic E-state index is 11.9. The van der Waals surface area contributed by atoms with Crippen molar-refractivity contribution >= 4 is 46.3 Å². The van der Waals surface area contributed by atoms with Gasteiger partial charge in [-0.1, -0.05) is 95.6 Å². The molecule has 0 unspecified atom stereocenters. The number of hydrogen-bond donors (Lipinski definition) is 0. The van der Waals surface area contributed by atoms with Gasteiger partial charge in [0.25, 0.3) is 11.4 Å². The first kappa shape index (κ1) is 24.7. The van der Waals surface area contributed by atoms with Gasteiger partial charge in [0.15, 0.2) is 0 Å². The fourth-order valence-corrected chi connectivity index (χ4v) is 5.30. The molecule has 0 heterocycles. The van der Waals surface area contributed by atoms with Gasteiger partial charge < -0.3 is 0 Å². The van der Waals surface area contributed by atoms with Crippen LogP contribution in [0, 0.1) is 20.2 Å². The van der Waals surface area contributed by atoms with Crippen LogP contribution < -0.4 is 0 Å². The smallest absolute Gasteiger partial charge is 0.258 e. The van der Waals surface area contributed by atoms with Gasteiger partial charge in [-0.25, -0.2) is 0 Å². The standard InChI is InChI=1S/C26H18Cl2N2O4S/c27-21-15-25(23(29(31)32)13-19(21)11-17-7-3-1-4-8-17)35-26-16-22(28)20(14-24(26)30(33)34)12-18-9-5-2-6-10-18/h1-10,13-16H,11-12H2. The maximum absolute atomic E-state index is 11.9. The minimum absolute atomic E-state index is 0.177. The summed E-state index contributed by atoms with van der Waals surface area (Å²) in [6.07, 6.45) is 0.844. The van der Waals surface area contributed by atoms with E-state index in [1.54, 1.807) is 0 Å². The van der Waals surface area contributed by atoms with Crippen LogP contribution in [-0.2, 0) is 12.8 Å². The number of nitrogens with zero attached hydrogens (tertiary/aromatic N) is 2. The molecule has 0 aliphatic rings. The van der Waals surface area contributed by atoms with Crippen molar-refractivity contribution in [3.63, 3.8) is 0 Å². The fraction of sp³-hybridized carbons (Fsp3) is 0.0769. The van der Waals surface area contributed by atoms with E-state index in [1.165, 1.54) is 24.3 Å². The second kappa shape index (κ2) is 10.9. The van der Waals surface area contributed by atoms with Crippen LogP contribution in [0.15, 0.2) is 94.7 Å². The summed E-state index contributed by atoms with van der Waals surface area (Å²) in [6, 6.07) is 24.8. The van der Waals surface area contributed by atoms with E-state index in [2.05, 4.69) is 0 Å². The minimum atomic E-state index is -0.510. The molecule has 35 heavy (non-hydrogen) atoms. The minimum Gasteiger partial charge on any atom is -0.258 e. The predicted octanol–water partition coefficient (Wildman–Crippen LogP) is 8.14. The highest BCUT2D eigenvalue weighted by Crippen LogP contribution is 2.43. The Labute approximate surface area is 215 Å². The molecule has 0 aliphatic heterocycles. The summed E-state index contributed by atoms with van der Waals surface area (Å²) in [5, 5.41) is 24.4. The molecule has 0 saturated heterocycles. The summed E-state index contributed by atoms with van der Waals surface area (Å²) in [7, 11) is 0. The Hall–Kier alpha value is -3.39. The van der Waals surface area contributed by atoms with Crippen LogP contribution in [0.2, 0.25) is 10.0 Å². The van der Waals surface area contributed by atoms with E-state index in [4.69, 9.17) is 23.2 Å². The van der Waals surface area contributed by atoms with Crippen LogP contribution in [-0.4, -0.2) is 9.85 Å². The fourth-order valence-electron chi connectivity index (χ4n) is 3.64. The second-order valence-electron chi connectivity index (χ2n) is 7.76. The molecule has 0 aliphatic carbocycles. The third-order valence-corrected chi connectivity index (χ3v) is 7.14. The molecule has 0 saturated carbocycles. The first-order chi connectivity index (χ1) is 16.8. The summed E-state index contributed by atoms with van der Waals surface area (Å²) < 4.78 is 0. The van der Waals surface area contributed by atoms with Crippen LogP contribution in [0.3, 0.4) is 0 Å². The molecule has 0 fully saturated rings. The Morgan fingerprint density at radius 2 is 1.00 bits per heavy atom. The molecule has 6 nitrogen and oxygen atoms in total. The Morgan fingerprint density at radius 3 is 1.34 bits per heavy atom. The number of halogens is 2. The quantitative estimate of drug-likeness (QED) is 0.171. The van der Waals surface area contributed by atoms with Crippen LogP contribution in [0.25, 0.3) is 0 Å². The van der Waals surface area contributed by atoms with Crippen LogP contribution in [0.5, 0.6) is 0 Å². The lowest BCUT2D eigenvalue weighted by Gasteiger charge is -2.11. The monoisotopic (exact) mass is 524 g/mol. The molecule has 0 spiro atoms. The average Bonchev–Trinajstić information content (AvgIpc) is 2.83. The van der Waals surface area contributed by atoms with E-state index in [-0.39, 0.29) is 21.2 Å². The number of rotatable bonds is 8. The molecule has 0 radical (unpaired) electrons. The summed E-state index contributed by atoms with van der Waals surface area (Å²) >= 11 is 13.9. The van der Waals surface area contributed by atoms with Crippen molar-refractivity contribution in [3.05, 3.63) is 137 Å². The molecule has 0 aromatic heterocycles. The summed E-state index contributed by atoms with van der Waals surface area (Å²) in [5.74, 6) is 0. The lowest BCUT2D eigenvalue weighted by atomic mass is 10.0. The lowest BCUT2D eigenvalue weighted by molar-refractivity contribution is -0.388. The van der Waals surface area contributed by atoms with E-state index in [0.29, 0.717) is 34.0 Å². The van der Waals surface area contributed by atoms with Crippen molar-refractivity contribution in [3.8, 4) is 0 Å². The first-order valence-electron chi connectivity index (χ1n) is 10.5. The number of nitro benzene ring substituents is 2. The average molecular weight is 525 g/mol. The van der Waals surface area contributed by atoms with E-state index >= 15 is 0 Å². The highest BCUT2D eigenvalue weighted by molar-refractivity contribution is 7.99. The van der Waals surface area contributed by atoms with Gasteiger partial charge in [-0.15, -0.1) is 0 Å². The van der Waals surface area contributed by atoms with Gasteiger partial charge in [0.1, 0.15) is 0 Å². The molecule has 4 rings (SSSR count). The highest BCUT2D eigenvalue weighted by atomic mass is 35.5. The van der Waals surface area contributed by atoms with E-state index in [9.17, 15) is 20.2 Å². The second-order valence-corrected chi connectivity index (χ2v) is 9.66. The molecule has 0 bridgehead atoms.